The summed E-state index contributed by atoms with van der Waals surface area (Å²) >= 11 is 13.2. The van der Waals surface area contributed by atoms with Gasteiger partial charge in [0.15, 0.2) is 11.6 Å². The first kappa shape index (κ1) is 16.0. The first-order chi connectivity index (χ1) is 11.0. The van der Waals surface area contributed by atoms with Crippen LogP contribution in [-0.2, 0) is 16.0 Å². The number of nitrogens with zero attached hydrogens (tertiary/aromatic N) is 2. The van der Waals surface area contributed by atoms with Gasteiger partial charge in [-0.2, -0.15) is 0 Å². The fourth-order valence-electron chi connectivity index (χ4n) is 2.00. The maximum Gasteiger partial charge on any atom is 0.312 e. The fraction of sp³-hybridized carbons (Fsp3) is 0.133. The van der Waals surface area contributed by atoms with E-state index in [2.05, 4.69) is 4.98 Å². The topological polar surface area (TPSA) is 60.7 Å². The van der Waals surface area contributed by atoms with Crippen LogP contribution in [-0.4, -0.2) is 27.7 Å². The highest BCUT2D eigenvalue weighted by molar-refractivity contribution is 7.15. The van der Waals surface area contributed by atoms with Gasteiger partial charge in [0, 0.05) is 28.4 Å². The Labute approximate surface area is 145 Å². The average Bonchev–Trinajstić information content (AvgIpc) is 3.06. The number of hydrogen-bond acceptors (Lipinski definition) is 5. The van der Waals surface area contributed by atoms with Crippen molar-refractivity contribution in [2.75, 3.05) is 6.61 Å². The summed E-state index contributed by atoms with van der Waals surface area (Å²) in [6.07, 6.45) is 3.62. The Hall–Kier alpha value is -1.89. The van der Waals surface area contributed by atoms with Gasteiger partial charge in [0.05, 0.1) is 17.1 Å². The Kier molecular flexibility index (Phi) is 4.66. The highest BCUT2D eigenvalue weighted by atomic mass is 35.5. The minimum absolute atomic E-state index is 0.00995. The number of aromatic nitrogens is 2. The SMILES string of the molecule is O=C(Cc1cn2ccsc2n1)OCC(=O)c1ccc(Cl)cc1Cl. The number of carbonyl (C=O) groups excluding carboxylic acids is 2. The van der Waals surface area contributed by atoms with Crippen LogP contribution in [0.3, 0.4) is 0 Å². The molecule has 2 aromatic heterocycles. The van der Waals surface area contributed by atoms with Crippen molar-refractivity contribution >= 4 is 51.3 Å². The molecule has 1 aromatic carbocycles. The number of ketones is 1. The van der Waals surface area contributed by atoms with E-state index < -0.39 is 5.97 Å². The molecule has 0 aliphatic rings. The van der Waals surface area contributed by atoms with E-state index in [1.54, 1.807) is 12.3 Å². The first-order valence-corrected chi connectivity index (χ1v) is 8.21. The van der Waals surface area contributed by atoms with E-state index in [0.29, 0.717) is 10.7 Å². The summed E-state index contributed by atoms with van der Waals surface area (Å²) in [5, 5.41) is 2.56. The van der Waals surface area contributed by atoms with Crippen molar-refractivity contribution in [1.82, 2.24) is 9.38 Å². The summed E-state index contributed by atoms with van der Waals surface area (Å²) in [7, 11) is 0. The number of benzene rings is 1. The fourth-order valence-corrected chi connectivity index (χ4v) is 3.23. The van der Waals surface area contributed by atoms with Crippen molar-refractivity contribution in [1.29, 1.82) is 0 Å². The van der Waals surface area contributed by atoms with Crippen LogP contribution in [0.5, 0.6) is 0 Å². The second-order valence-corrected chi connectivity index (χ2v) is 6.43. The Bertz CT molecular complexity index is 859. The first-order valence-electron chi connectivity index (χ1n) is 6.58. The molecule has 0 N–H and O–H groups in total. The van der Waals surface area contributed by atoms with Gasteiger partial charge in [-0.15, -0.1) is 11.3 Å². The Morgan fingerprint density at radius 1 is 1.30 bits per heavy atom. The lowest BCUT2D eigenvalue weighted by molar-refractivity contribution is -0.141. The van der Waals surface area contributed by atoms with Gasteiger partial charge in [-0.3, -0.25) is 14.0 Å². The van der Waals surface area contributed by atoms with Crippen LogP contribution in [0.1, 0.15) is 16.1 Å². The third kappa shape index (κ3) is 3.72. The van der Waals surface area contributed by atoms with Crippen molar-refractivity contribution in [2.45, 2.75) is 6.42 Å². The number of esters is 1. The van der Waals surface area contributed by atoms with Gasteiger partial charge >= 0.3 is 5.97 Å². The van der Waals surface area contributed by atoms with Gasteiger partial charge in [-0.25, -0.2) is 4.98 Å². The summed E-state index contributed by atoms with van der Waals surface area (Å²) in [5.74, 6) is -0.903. The van der Waals surface area contributed by atoms with E-state index in [9.17, 15) is 9.59 Å². The van der Waals surface area contributed by atoms with Crippen LogP contribution < -0.4 is 0 Å². The standard InChI is InChI=1S/C15H10Cl2N2O3S/c16-9-1-2-11(12(17)5-9)13(20)8-22-14(21)6-10-7-19-3-4-23-15(19)18-10/h1-5,7H,6,8H2. The van der Waals surface area contributed by atoms with Gasteiger partial charge in [0.25, 0.3) is 0 Å². The number of ether oxygens (including phenoxy) is 1. The molecule has 0 saturated carbocycles. The maximum atomic E-state index is 12.0. The molecule has 0 unspecified atom stereocenters. The van der Waals surface area contributed by atoms with Crippen molar-refractivity contribution in [3.8, 4) is 0 Å². The van der Waals surface area contributed by atoms with Gasteiger partial charge in [-0.05, 0) is 18.2 Å². The van der Waals surface area contributed by atoms with Gasteiger partial charge in [0.2, 0.25) is 5.78 Å². The molecule has 0 atom stereocenters. The zero-order valence-electron chi connectivity index (χ0n) is 11.7. The predicted molar refractivity (Wildman–Crippen MR) is 88.5 cm³/mol. The Morgan fingerprint density at radius 2 is 2.13 bits per heavy atom. The summed E-state index contributed by atoms with van der Waals surface area (Å²) in [4.78, 5) is 28.9. The van der Waals surface area contributed by atoms with E-state index in [0.717, 1.165) is 4.96 Å². The van der Waals surface area contributed by atoms with Crippen molar-refractivity contribution in [3.63, 3.8) is 0 Å². The second-order valence-electron chi connectivity index (χ2n) is 4.71. The average molecular weight is 369 g/mol. The lowest BCUT2D eigenvalue weighted by atomic mass is 10.1. The molecule has 0 aliphatic heterocycles. The number of imidazole rings is 1. The summed E-state index contributed by atoms with van der Waals surface area (Å²) < 4.78 is 6.82. The minimum atomic E-state index is -0.519. The molecule has 0 amide bonds. The Morgan fingerprint density at radius 3 is 2.87 bits per heavy atom. The lowest BCUT2D eigenvalue weighted by Gasteiger charge is -2.05. The zero-order chi connectivity index (χ0) is 16.4. The Balaban J connectivity index is 1.57. The van der Waals surface area contributed by atoms with Crippen LogP contribution in [0.25, 0.3) is 4.96 Å². The minimum Gasteiger partial charge on any atom is -0.457 e. The predicted octanol–water partition coefficient (Wildman–Crippen LogP) is 3.67. The number of hydrogen-bond donors (Lipinski definition) is 0. The van der Waals surface area contributed by atoms with E-state index in [1.807, 2.05) is 16.0 Å². The molecule has 3 rings (SSSR count). The van der Waals surface area contributed by atoms with Gasteiger partial charge in [0.1, 0.15) is 0 Å². The lowest BCUT2D eigenvalue weighted by Crippen LogP contribution is -2.16. The van der Waals surface area contributed by atoms with Gasteiger partial charge in [-0.1, -0.05) is 23.2 Å². The highest BCUT2D eigenvalue weighted by Gasteiger charge is 2.15. The van der Waals surface area contributed by atoms with E-state index in [-0.39, 0.29) is 29.4 Å². The van der Waals surface area contributed by atoms with Crippen LogP contribution in [0.4, 0.5) is 0 Å². The third-order valence-corrected chi connectivity index (χ3v) is 4.38. The molecule has 2 heterocycles. The number of carbonyl (C=O) groups is 2. The highest BCUT2D eigenvalue weighted by Crippen LogP contribution is 2.21. The second kappa shape index (κ2) is 6.70. The largest absolute Gasteiger partial charge is 0.457 e. The molecule has 5 nitrogen and oxygen atoms in total. The molecule has 8 heteroatoms. The van der Waals surface area contributed by atoms with Crippen molar-refractivity contribution in [2.24, 2.45) is 0 Å². The zero-order valence-corrected chi connectivity index (χ0v) is 14.0. The molecule has 3 aromatic rings. The number of rotatable bonds is 5. The molecule has 0 saturated heterocycles. The number of thiazole rings is 1. The number of fused-ring (bicyclic) bond motifs is 1. The number of Topliss-reactive ketones (excluding diaryl/α,β-unsaturated/α-hetero) is 1. The van der Waals surface area contributed by atoms with Crippen LogP contribution in [0, 0.1) is 0 Å². The van der Waals surface area contributed by atoms with E-state index >= 15 is 0 Å². The normalized spacial score (nSPS) is 10.9. The molecule has 0 spiro atoms. The molecule has 0 radical (unpaired) electrons. The van der Waals surface area contributed by atoms with E-state index in [1.165, 1.54) is 23.5 Å². The van der Waals surface area contributed by atoms with Crippen molar-refractivity contribution < 1.29 is 14.3 Å². The van der Waals surface area contributed by atoms with Crippen LogP contribution in [0.2, 0.25) is 10.0 Å². The number of halogens is 2. The summed E-state index contributed by atoms with van der Waals surface area (Å²) in [5.41, 5.74) is 0.866. The monoisotopic (exact) mass is 368 g/mol. The quantitative estimate of drug-likeness (QED) is 0.509. The molecule has 23 heavy (non-hydrogen) atoms. The van der Waals surface area contributed by atoms with Crippen LogP contribution >= 0.6 is 34.5 Å². The maximum absolute atomic E-state index is 12.0. The van der Waals surface area contributed by atoms with Crippen LogP contribution in [0.15, 0.2) is 36.0 Å². The van der Waals surface area contributed by atoms with Crippen molar-refractivity contribution in [3.05, 3.63) is 57.3 Å². The molecular formula is C15H10Cl2N2O3S. The molecule has 118 valence electrons. The smallest absolute Gasteiger partial charge is 0.312 e. The van der Waals surface area contributed by atoms with E-state index in [4.69, 9.17) is 27.9 Å². The molecule has 0 fully saturated rings. The summed E-state index contributed by atoms with van der Waals surface area (Å²) in [6, 6.07) is 4.53. The third-order valence-electron chi connectivity index (χ3n) is 3.06. The molecule has 0 aliphatic carbocycles. The molecular weight excluding hydrogens is 359 g/mol. The summed E-state index contributed by atoms with van der Waals surface area (Å²) in [6.45, 7) is -0.373. The van der Waals surface area contributed by atoms with Gasteiger partial charge < -0.3 is 4.74 Å². The molecule has 0 bridgehead atoms.